The SMILES string of the molecule is CCn1cc(C(=O)O)nc1Oc1ccc(OC)cc1. The van der Waals surface area contributed by atoms with E-state index in [0.717, 1.165) is 5.75 Å². The molecule has 0 bridgehead atoms. The largest absolute Gasteiger partial charge is 0.497 e. The van der Waals surface area contributed by atoms with E-state index in [1.54, 1.807) is 35.9 Å². The number of aryl methyl sites for hydroxylation is 1. The van der Waals surface area contributed by atoms with Crippen LogP contribution in [0, 0.1) is 0 Å². The summed E-state index contributed by atoms with van der Waals surface area (Å²) in [6, 6.07) is 7.23. The number of ether oxygens (including phenoxy) is 2. The summed E-state index contributed by atoms with van der Waals surface area (Å²) in [4.78, 5) is 14.8. The summed E-state index contributed by atoms with van der Waals surface area (Å²) < 4.78 is 12.2. The van der Waals surface area contributed by atoms with E-state index in [1.165, 1.54) is 6.20 Å². The molecular weight excluding hydrogens is 248 g/mol. The number of hydrogen-bond donors (Lipinski definition) is 1. The Kier molecular flexibility index (Phi) is 3.70. The fourth-order valence-electron chi connectivity index (χ4n) is 1.56. The molecule has 1 N–H and O–H groups in total. The molecule has 1 aromatic carbocycles. The molecule has 0 saturated carbocycles. The molecule has 1 aromatic heterocycles. The van der Waals surface area contributed by atoms with Crippen LogP contribution < -0.4 is 9.47 Å². The lowest BCUT2D eigenvalue weighted by Crippen LogP contribution is -1.97. The number of rotatable bonds is 5. The van der Waals surface area contributed by atoms with Gasteiger partial charge in [-0.05, 0) is 31.2 Å². The highest BCUT2D eigenvalue weighted by molar-refractivity contribution is 5.85. The Labute approximate surface area is 110 Å². The first-order chi connectivity index (χ1) is 9.13. The van der Waals surface area contributed by atoms with Crippen LogP contribution in [0.4, 0.5) is 0 Å². The van der Waals surface area contributed by atoms with Gasteiger partial charge in [0, 0.05) is 12.7 Å². The van der Waals surface area contributed by atoms with Crippen molar-refractivity contribution >= 4 is 5.97 Å². The van der Waals surface area contributed by atoms with E-state index in [4.69, 9.17) is 14.6 Å². The van der Waals surface area contributed by atoms with Crippen LogP contribution in [0.3, 0.4) is 0 Å². The first-order valence-corrected chi connectivity index (χ1v) is 5.76. The van der Waals surface area contributed by atoms with Crippen LogP contribution in [0.15, 0.2) is 30.5 Å². The molecule has 6 nitrogen and oxygen atoms in total. The van der Waals surface area contributed by atoms with Gasteiger partial charge in [0.05, 0.1) is 7.11 Å². The maximum atomic E-state index is 10.9. The fraction of sp³-hybridized carbons (Fsp3) is 0.231. The number of aromatic carboxylic acids is 1. The quantitative estimate of drug-likeness (QED) is 0.895. The highest BCUT2D eigenvalue weighted by Gasteiger charge is 2.14. The average molecular weight is 262 g/mol. The lowest BCUT2D eigenvalue weighted by molar-refractivity contribution is 0.0690. The van der Waals surface area contributed by atoms with E-state index in [1.807, 2.05) is 6.92 Å². The van der Waals surface area contributed by atoms with E-state index in [2.05, 4.69) is 4.98 Å². The molecule has 6 heteroatoms. The Morgan fingerprint density at radius 1 is 1.32 bits per heavy atom. The highest BCUT2D eigenvalue weighted by atomic mass is 16.5. The van der Waals surface area contributed by atoms with Crippen LogP contribution in [-0.2, 0) is 6.54 Å². The molecule has 0 unspecified atom stereocenters. The summed E-state index contributed by atoms with van der Waals surface area (Å²) in [5.74, 6) is 0.210. The van der Waals surface area contributed by atoms with Gasteiger partial charge in [0.15, 0.2) is 5.69 Å². The zero-order valence-corrected chi connectivity index (χ0v) is 10.7. The number of methoxy groups -OCH3 is 1. The third-order valence-electron chi connectivity index (χ3n) is 2.57. The standard InChI is InChI=1S/C13H14N2O4/c1-3-15-8-11(12(16)17)14-13(15)19-10-6-4-9(18-2)5-7-10/h4-8H,3H2,1-2H3,(H,16,17). The molecule has 1 heterocycles. The van der Waals surface area contributed by atoms with Crippen molar-refractivity contribution in [1.29, 1.82) is 0 Å². The summed E-state index contributed by atoms with van der Waals surface area (Å²) >= 11 is 0. The van der Waals surface area contributed by atoms with Gasteiger partial charge in [0.2, 0.25) is 0 Å². The maximum absolute atomic E-state index is 10.9. The van der Waals surface area contributed by atoms with E-state index < -0.39 is 5.97 Å². The number of imidazole rings is 1. The van der Waals surface area contributed by atoms with Crippen molar-refractivity contribution in [3.63, 3.8) is 0 Å². The Bertz CT molecular complexity index is 575. The minimum absolute atomic E-state index is 0.0367. The molecule has 2 rings (SSSR count). The number of hydrogen-bond acceptors (Lipinski definition) is 4. The van der Waals surface area contributed by atoms with Crippen molar-refractivity contribution < 1.29 is 19.4 Å². The van der Waals surface area contributed by atoms with E-state index in [-0.39, 0.29) is 11.7 Å². The number of carbonyl (C=O) groups is 1. The molecular formula is C13H14N2O4. The molecule has 0 aliphatic carbocycles. The van der Waals surface area contributed by atoms with Crippen molar-refractivity contribution in [2.45, 2.75) is 13.5 Å². The van der Waals surface area contributed by atoms with Crippen LogP contribution in [0.2, 0.25) is 0 Å². The Hall–Kier alpha value is -2.50. The first kappa shape index (κ1) is 12.9. The average Bonchev–Trinajstić information content (AvgIpc) is 2.83. The van der Waals surface area contributed by atoms with Crippen molar-refractivity contribution in [2.24, 2.45) is 0 Å². The Morgan fingerprint density at radius 3 is 2.47 bits per heavy atom. The molecule has 2 aromatic rings. The maximum Gasteiger partial charge on any atom is 0.356 e. The van der Waals surface area contributed by atoms with Gasteiger partial charge < -0.3 is 19.1 Å². The molecule has 19 heavy (non-hydrogen) atoms. The van der Waals surface area contributed by atoms with Gasteiger partial charge >= 0.3 is 12.0 Å². The summed E-state index contributed by atoms with van der Waals surface area (Å²) in [7, 11) is 1.58. The molecule has 0 amide bonds. The van der Waals surface area contributed by atoms with E-state index >= 15 is 0 Å². The molecule has 0 atom stereocenters. The van der Waals surface area contributed by atoms with Crippen LogP contribution in [0.5, 0.6) is 17.5 Å². The van der Waals surface area contributed by atoms with Crippen molar-refractivity contribution in [3.8, 4) is 17.5 Å². The van der Waals surface area contributed by atoms with E-state index in [9.17, 15) is 4.79 Å². The number of benzene rings is 1. The fourth-order valence-corrected chi connectivity index (χ4v) is 1.56. The van der Waals surface area contributed by atoms with Crippen LogP contribution in [-0.4, -0.2) is 27.7 Å². The smallest absolute Gasteiger partial charge is 0.356 e. The summed E-state index contributed by atoms with van der Waals surface area (Å²) in [5.41, 5.74) is -0.0367. The summed E-state index contributed by atoms with van der Waals surface area (Å²) in [5, 5.41) is 8.90. The predicted octanol–water partition coefficient (Wildman–Crippen LogP) is 2.40. The normalized spacial score (nSPS) is 10.2. The zero-order valence-electron chi connectivity index (χ0n) is 10.7. The zero-order chi connectivity index (χ0) is 13.8. The molecule has 0 radical (unpaired) electrons. The van der Waals surface area contributed by atoms with Crippen molar-refractivity contribution in [3.05, 3.63) is 36.2 Å². The van der Waals surface area contributed by atoms with Crippen LogP contribution in [0.1, 0.15) is 17.4 Å². The first-order valence-electron chi connectivity index (χ1n) is 5.76. The summed E-state index contributed by atoms with van der Waals surface area (Å²) in [6.45, 7) is 2.46. The van der Waals surface area contributed by atoms with Gasteiger partial charge in [-0.1, -0.05) is 0 Å². The summed E-state index contributed by atoms with van der Waals surface area (Å²) in [6.07, 6.45) is 1.45. The molecule has 0 aliphatic heterocycles. The number of carboxylic acid groups (broad SMARTS) is 1. The molecule has 0 spiro atoms. The lowest BCUT2D eigenvalue weighted by atomic mass is 10.3. The number of carboxylic acids is 1. The van der Waals surface area contributed by atoms with Crippen LogP contribution >= 0.6 is 0 Å². The van der Waals surface area contributed by atoms with Gasteiger partial charge in [0.25, 0.3) is 0 Å². The van der Waals surface area contributed by atoms with Gasteiger partial charge in [-0.25, -0.2) is 4.79 Å². The highest BCUT2D eigenvalue weighted by Crippen LogP contribution is 2.23. The lowest BCUT2D eigenvalue weighted by Gasteiger charge is -2.07. The van der Waals surface area contributed by atoms with Gasteiger partial charge in [-0.3, -0.25) is 0 Å². The van der Waals surface area contributed by atoms with Crippen molar-refractivity contribution in [1.82, 2.24) is 9.55 Å². The molecule has 0 saturated heterocycles. The second kappa shape index (κ2) is 5.43. The van der Waals surface area contributed by atoms with E-state index in [0.29, 0.717) is 12.3 Å². The van der Waals surface area contributed by atoms with Gasteiger partial charge in [-0.15, -0.1) is 0 Å². The topological polar surface area (TPSA) is 73.6 Å². The van der Waals surface area contributed by atoms with Crippen LogP contribution in [0.25, 0.3) is 0 Å². The second-order valence-electron chi connectivity index (χ2n) is 3.78. The monoisotopic (exact) mass is 262 g/mol. The van der Waals surface area contributed by atoms with Gasteiger partial charge in [-0.2, -0.15) is 4.98 Å². The second-order valence-corrected chi connectivity index (χ2v) is 3.78. The number of aromatic nitrogens is 2. The minimum atomic E-state index is -1.08. The minimum Gasteiger partial charge on any atom is -0.497 e. The third-order valence-corrected chi connectivity index (χ3v) is 2.57. The third kappa shape index (κ3) is 2.85. The van der Waals surface area contributed by atoms with Gasteiger partial charge in [0.1, 0.15) is 11.5 Å². The van der Waals surface area contributed by atoms with Crippen molar-refractivity contribution in [2.75, 3.05) is 7.11 Å². The number of nitrogens with zero attached hydrogens (tertiary/aromatic N) is 2. The molecule has 0 fully saturated rings. The molecule has 0 aliphatic rings. The predicted molar refractivity (Wildman–Crippen MR) is 67.9 cm³/mol. The molecule has 100 valence electrons. The Balaban J connectivity index is 2.23. The Morgan fingerprint density at radius 2 is 1.95 bits per heavy atom.